The zero-order valence-electron chi connectivity index (χ0n) is 16.1. The molecule has 1 saturated heterocycles. The Labute approximate surface area is 167 Å². The van der Waals surface area contributed by atoms with Gasteiger partial charge in [-0.15, -0.1) is 0 Å². The van der Waals surface area contributed by atoms with Crippen molar-refractivity contribution in [2.24, 2.45) is 0 Å². The number of benzene rings is 1. The van der Waals surface area contributed by atoms with Gasteiger partial charge in [-0.25, -0.2) is 18.7 Å². The Balaban J connectivity index is 1.44. The van der Waals surface area contributed by atoms with Crippen LogP contribution in [0.2, 0.25) is 0 Å². The SMILES string of the molecule is Cc1cncc(CN2CCN(c3ccc4ncnc(OCC(F)F)c4c3)CC2)n1. The normalized spacial score (nSPS) is 15.2. The van der Waals surface area contributed by atoms with Crippen molar-refractivity contribution in [1.29, 1.82) is 0 Å². The number of aryl methyl sites for hydroxylation is 1. The number of anilines is 1. The molecule has 0 radical (unpaired) electrons. The minimum atomic E-state index is -2.55. The van der Waals surface area contributed by atoms with Gasteiger partial charge in [0.05, 0.1) is 22.3 Å². The highest BCUT2D eigenvalue weighted by atomic mass is 19.3. The van der Waals surface area contributed by atoms with Gasteiger partial charge in [0, 0.05) is 50.8 Å². The Hall–Kier alpha value is -2.94. The minimum Gasteiger partial charge on any atom is -0.471 e. The van der Waals surface area contributed by atoms with Gasteiger partial charge in [-0.3, -0.25) is 14.9 Å². The molecular weight excluding hydrogens is 378 g/mol. The van der Waals surface area contributed by atoms with Crippen LogP contribution in [0.15, 0.2) is 36.9 Å². The van der Waals surface area contributed by atoms with Crippen LogP contribution in [0.4, 0.5) is 14.5 Å². The Morgan fingerprint density at radius 2 is 1.93 bits per heavy atom. The van der Waals surface area contributed by atoms with Crippen LogP contribution in [0.1, 0.15) is 11.4 Å². The molecule has 1 aromatic carbocycles. The van der Waals surface area contributed by atoms with E-state index in [4.69, 9.17) is 4.74 Å². The summed E-state index contributed by atoms with van der Waals surface area (Å²) in [7, 11) is 0. The third kappa shape index (κ3) is 4.73. The second kappa shape index (κ2) is 8.60. The molecule has 0 saturated carbocycles. The lowest BCUT2D eigenvalue weighted by Gasteiger charge is -2.36. The lowest BCUT2D eigenvalue weighted by Crippen LogP contribution is -2.46. The maximum absolute atomic E-state index is 12.5. The zero-order chi connectivity index (χ0) is 20.2. The molecule has 3 heterocycles. The number of ether oxygens (including phenoxy) is 1. The monoisotopic (exact) mass is 400 g/mol. The molecule has 7 nitrogen and oxygen atoms in total. The summed E-state index contributed by atoms with van der Waals surface area (Å²) in [5.74, 6) is 0.189. The fourth-order valence-electron chi connectivity index (χ4n) is 3.46. The summed E-state index contributed by atoms with van der Waals surface area (Å²) in [6, 6.07) is 5.78. The van der Waals surface area contributed by atoms with Crippen molar-refractivity contribution in [3.8, 4) is 5.88 Å². The number of rotatable bonds is 6. The lowest BCUT2D eigenvalue weighted by atomic mass is 10.2. The first-order valence-corrected chi connectivity index (χ1v) is 9.49. The molecule has 0 bridgehead atoms. The van der Waals surface area contributed by atoms with Gasteiger partial charge in [0.2, 0.25) is 5.88 Å². The Kier molecular flexibility index (Phi) is 5.75. The van der Waals surface area contributed by atoms with Crippen molar-refractivity contribution >= 4 is 16.6 Å². The van der Waals surface area contributed by atoms with E-state index >= 15 is 0 Å². The Morgan fingerprint density at radius 3 is 2.69 bits per heavy atom. The van der Waals surface area contributed by atoms with Crippen LogP contribution in [0.3, 0.4) is 0 Å². The summed E-state index contributed by atoms with van der Waals surface area (Å²) >= 11 is 0. The molecule has 0 amide bonds. The molecule has 2 aromatic heterocycles. The maximum atomic E-state index is 12.5. The quantitative estimate of drug-likeness (QED) is 0.630. The van der Waals surface area contributed by atoms with Gasteiger partial charge in [0.1, 0.15) is 6.33 Å². The fourth-order valence-corrected chi connectivity index (χ4v) is 3.46. The first-order valence-electron chi connectivity index (χ1n) is 9.49. The lowest BCUT2D eigenvalue weighted by molar-refractivity contribution is 0.0804. The topological polar surface area (TPSA) is 67.3 Å². The van der Waals surface area contributed by atoms with Gasteiger partial charge in [-0.1, -0.05) is 0 Å². The van der Waals surface area contributed by atoms with Gasteiger partial charge in [-0.2, -0.15) is 0 Å². The zero-order valence-corrected chi connectivity index (χ0v) is 16.1. The number of alkyl halides is 2. The van der Waals surface area contributed by atoms with E-state index < -0.39 is 13.0 Å². The van der Waals surface area contributed by atoms with Crippen LogP contribution < -0.4 is 9.64 Å². The Bertz CT molecular complexity index is 978. The Morgan fingerprint density at radius 1 is 1.10 bits per heavy atom. The minimum absolute atomic E-state index is 0.189. The van der Waals surface area contributed by atoms with E-state index in [2.05, 4.69) is 29.7 Å². The molecule has 152 valence electrons. The average molecular weight is 400 g/mol. The van der Waals surface area contributed by atoms with Gasteiger partial charge in [0.15, 0.2) is 6.61 Å². The second-order valence-electron chi connectivity index (χ2n) is 7.00. The highest BCUT2D eigenvalue weighted by Gasteiger charge is 2.19. The standard InChI is InChI=1S/C20H22F2N6O/c1-14-9-23-10-15(26-14)11-27-4-6-28(7-5-27)16-2-3-18-17(8-16)20(25-13-24-18)29-12-19(21)22/h2-3,8-10,13,19H,4-7,11-12H2,1H3. The van der Waals surface area contributed by atoms with Crippen LogP contribution >= 0.6 is 0 Å². The van der Waals surface area contributed by atoms with Crippen molar-refractivity contribution in [3.05, 3.63) is 48.3 Å². The van der Waals surface area contributed by atoms with Crippen LogP contribution in [0.5, 0.6) is 5.88 Å². The number of halogens is 2. The van der Waals surface area contributed by atoms with Crippen LogP contribution in [-0.4, -0.2) is 64.0 Å². The maximum Gasteiger partial charge on any atom is 0.272 e. The van der Waals surface area contributed by atoms with E-state index in [1.165, 1.54) is 6.33 Å². The first-order chi connectivity index (χ1) is 14.1. The molecule has 29 heavy (non-hydrogen) atoms. The molecule has 0 unspecified atom stereocenters. The molecule has 1 aliphatic heterocycles. The van der Waals surface area contributed by atoms with E-state index in [1.54, 1.807) is 6.20 Å². The van der Waals surface area contributed by atoms with Gasteiger partial charge >= 0.3 is 0 Å². The number of hydrogen-bond acceptors (Lipinski definition) is 7. The summed E-state index contributed by atoms with van der Waals surface area (Å²) in [4.78, 5) is 21.6. The number of piperazine rings is 1. The van der Waals surface area contributed by atoms with Gasteiger partial charge in [0.25, 0.3) is 6.43 Å². The molecule has 4 rings (SSSR count). The summed E-state index contributed by atoms with van der Waals surface area (Å²) in [6.07, 6.45) is 2.35. The summed E-state index contributed by atoms with van der Waals surface area (Å²) < 4.78 is 30.2. The van der Waals surface area contributed by atoms with Crippen molar-refractivity contribution in [2.45, 2.75) is 19.9 Å². The van der Waals surface area contributed by atoms with Gasteiger partial charge in [-0.05, 0) is 25.1 Å². The third-order valence-electron chi connectivity index (χ3n) is 4.86. The molecule has 0 spiro atoms. The van der Waals surface area contributed by atoms with Crippen molar-refractivity contribution in [1.82, 2.24) is 24.8 Å². The predicted octanol–water partition coefficient (Wildman–Crippen LogP) is 2.69. The summed E-state index contributed by atoms with van der Waals surface area (Å²) in [5.41, 5.74) is 3.57. The highest BCUT2D eigenvalue weighted by Crippen LogP contribution is 2.27. The van der Waals surface area contributed by atoms with E-state index in [9.17, 15) is 8.78 Å². The van der Waals surface area contributed by atoms with Crippen LogP contribution in [-0.2, 0) is 6.54 Å². The summed E-state index contributed by atoms with van der Waals surface area (Å²) in [6.45, 7) is 5.53. The molecule has 0 atom stereocenters. The molecule has 9 heteroatoms. The van der Waals surface area contributed by atoms with E-state index in [0.717, 1.165) is 49.8 Å². The second-order valence-corrected chi connectivity index (χ2v) is 7.00. The molecule has 1 aliphatic rings. The molecule has 1 fully saturated rings. The van der Waals surface area contributed by atoms with Crippen molar-refractivity contribution in [2.75, 3.05) is 37.7 Å². The number of nitrogens with zero attached hydrogens (tertiary/aromatic N) is 6. The largest absolute Gasteiger partial charge is 0.471 e. The molecular formula is C20H22F2N6O. The molecule has 0 N–H and O–H groups in total. The molecule has 3 aromatic rings. The van der Waals surface area contributed by atoms with Gasteiger partial charge < -0.3 is 9.64 Å². The number of fused-ring (bicyclic) bond motifs is 1. The predicted molar refractivity (Wildman–Crippen MR) is 105 cm³/mol. The number of hydrogen-bond donors (Lipinski definition) is 0. The van der Waals surface area contributed by atoms with E-state index in [-0.39, 0.29) is 5.88 Å². The third-order valence-corrected chi connectivity index (χ3v) is 4.86. The van der Waals surface area contributed by atoms with Crippen molar-refractivity contribution in [3.63, 3.8) is 0 Å². The van der Waals surface area contributed by atoms with Crippen molar-refractivity contribution < 1.29 is 13.5 Å². The van der Waals surface area contributed by atoms with Crippen LogP contribution in [0.25, 0.3) is 10.9 Å². The molecule has 0 aliphatic carbocycles. The van der Waals surface area contributed by atoms with E-state index in [0.29, 0.717) is 10.9 Å². The van der Waals surface area contributed by atoms with Crippen LogP contribution in [0, 0.1) is 6.92 Å². The highest BCUT2D eigenvalue weighted by molar-refractivity contribution is 5.86. The average Bonchev–Trinajstić information content (AvgIpc) is 2.72. The first kappa shape index (κ1) is 19.4. The fraction of sp³-hybridized carbons (Fsp3) is 0.400. The number of aromatic nitrogens is 4. The summed E-state index contributed by atoms with van der Waals surface area (Å²) in [5, 5.41) is 0.642. The smallest absolute Gasteiger partial charge is 0.272 e. The van der Waals surface area contributed by atoms with E-state index in [1.807, 2.05) is 31.3 Å².